The van der Waals surface area contributed by atoms with Crippen molar-refractivity contribution < 1.29 is 0 Å². The molecule has 52 heavy (non-hydrogen) atoms. The second kappa shape index (κ2) is 11.8. The first-order chi connectivity index (χ1) is 25.8. The number of hydrogen-bond donors (Lipinski definition) is 0. The predicted molar refractivity (Wildman–Crippen MR) is 226 cm³/mol. The molecule has 3 heterocycles. The van der Waals surface area contributed by atoms with Crippen LogP contribution in [-0.2, 0) is 0 Å². The first kappa shape index (κ1) is 29.8. The molecular formula is C48H30N2SSe. The molecule has 0 N–H and O–H groups in total. The Labute approximate surface area is 310 Å². The van der Waals surface area contributed by atoms with E-state index in [1.54, 1.807) is 0 Å². The maximum absolute atomic E-state index is 2.43. The summed E-state index contributed by atoms with van der Waals surface area (Å²) in [6.45, 7) is 0. The number of aromatic nitrogens is 1. The average molecular weight is 746 g/mol. The monoisotopic (exact) mass is 746 g/mol. The second-order valence-electron chi connectivity index (χ2n) is 13.4. The Morgan fingerprint density at radius 1 is 0.385 bits per heavy atom. The Morgan fingerprint density at radius 2 is 0.981 bits per heavy atom. The molecule has 0 bridgehead atoms. The van der Waals surface area contributed by atoms with Gasteiger partial charge in [0.1, 0.15) is 0 Å². The molecule has 3 aromatic heterocycles. The fourth-order valence-corrected chi connectivity index (χ4v) is 11.5. The third-order valence-corrected chi connectivity index (χ3v) is 13.9. The molecule has 0 fully saturated rings. The Hall–Kier alpha value is -5.90. The second-order valence-corrected chi connectivity index (χ2v) is 16.7. The summed E-state index contributed by atoms with van der Waals surface area (Å²) in [5.41, 5.74) is 9.52. The molecule has 244 valence electrons. The normalized spacial score (nSPS) is 11.8. The van der Waals surface area contributed by atoms with Crippen molar-refractivity contribution in [3.8, 4) is 16.8 Å². The van der Waals surface area contributed by atoms with E-state index in [0.717, 1.165) is 5.69 Å². The van der Waals surface area contributed by atoms with Gasteiger partial charge in [-0.25, -0.2) is 0 Å². The molecule has 11 aromatic rings. The van der Waals surface area contributed by atoms with E-state index < -0.39 is 0 Å². The SMILES string of the molecule is c1ccc(-n2c3ccccc3c3ccc(-c4ccc(N(c5ccc6c(c5)sc5ccccc56)c5ccc6c(c5)[se]c5ccccc56)cc4)cc32)cc1. The molecule has 11 rings (SSSR count). The summed E-state index contributed by atoms with van der Waals surface area (Å²) in [5.74, 6) is 0. The van der Waals surface area contributed by atoms with Gasteiger partial charge in [-0.1, -0.05) is 36.4 Å². The zero-order chi connectivity index (χ0) is 34.2. The van der Waals surface area contributed by atoms with E-state index in [4.69, 9.17) is 0 Å². The first-order valence-corrected chi connectivity index (χ1v) is 20.1. The van der Waals surface area contributed by atoms with Crippen molar-refractivity contribution >= 4 is 104 Å². The summed E-state index contributed by atoms with van der Waals surface area (Å²) in [7, 11) is 0. The van der Waals surface area contributed by atoms with E-state index in [1.807, 2.05) is 11.3 Å². The summed E-state index contributed by atoms with van der Waals surface area (Å²) in [4.78, 5) is 2.43. The van der Waals surface area contributed by atoms with Crippen LogP contribution in [0.15, 0.2) is 182 Å². The number of hydrogen-bond acceptors (Lipinski definition) is 2. The molecule has 0 amide bonds. The van der Waals surface area contributed by atoms with Crippen molar-refractivity contribution in [1.82, 2.24) is 4.57 Å². The quantitative estimate of drug-likeness (QED) is 0.159. The molecular weight excluding hydrogens is 716 g/mol. The zero-order valence-corrected chi connectivity index (χ0v) is 30.6. The van der Waals surface area contributed by atoms with Gasteiger partial charge < -0.3 is 0 Å². The first-order valence-electron chi connectivity index (χ1n) is 17.6. The van der Waals surface area contributed by atoms with E-state index in [-0.39, 0.29) is 14.5 Å². The van der Waals surface area contributed by atoms with Gasteiger partial charge in [-0.3, -0.25) is 0 Å². The van der Waals surface area contributed by atoms with Crippen LogP contribution in [0.3, 0.4) is 0 Å². The average Bonchev–Trinajstić information content (AvgIpc) is 3.87. The van der Waals surface area contributed by atoms with Crippen LogP contribution in [0.2, 0.25) is 0 Å². The predicted octanol–water partition coefficient (Wildman–Crippen LogP) is 13.7. The van der Waals surface area contributed by atoms with Crippen LogP contribution in [0.1, 0.15) is 0 Å². The Balaban J connectivity index is 1.05. The minimum absolute atomic E-state index is 0.285. The van der Waals surface area contributed by atoms with Crippen molar-refractivity contribution in [3.63, 3.8) is 0 Å². The van der Waals surface area contributed by atoms with Crippen molar-refractivity contribution in [1.29, 1.82) is 0 Å². The molecule has 0 saturated heterocycles. The molecule has 0 aliphatic rings. The molecule has 0 aliphatic heterocycles. The molecule has 4 heteroatoms. The number of anilines is 3. The van der Waals surface area contributed by atoms with Crippen molar-refractivity contribution in [2.24, 2.45) is 0 Å². The number of thiophene rings is 1. The minimum Gasteiger partial charge on any atom is -0.0602 e. The van der Waals surface area contributed by atoms with Gasteiger partial charge in [0.05, 0.1) is 5.52 Å². The fourth-order valence-electron chi connectivity index (χ4n) is 7.96. The van der Waals surface area contributed by atoms with Crippen LogP contribution in [-0.4, -0.2) is 19.1 Å². The number of para-hydroxylation sites is 2. The molecule has 0 saturated carbocycles. The molecule has 0 atom stereocenters. The van der Waals surface area contributed by atoms with Gasteiger partial charge in [-0.2, -0.15) is 0 Å². The largest absolute Gasteiger partial charge is 0.0602 e. The van der Waals surface area contributed by atoms with Crippen LogP contribution in [0.5, 0.6) is 0 Å². The third kappa shape index (κ3) is 4.69. The maximum Gasteiger partial charge on any atom is -0.0380 e. The zero-order valence-electron chi connectivity index (χ0n) is 28.0. The van der Waals surface area contributed by atoms with E-state index in [2.05, 4.69) is 191 Å². The number of fused-ring (bicyclic) bond motifs is 9. The number of rotatable bonds is 5. The van der Waals surface area contributed by atoms with E-state index >= 15 is 0 Å². The number of benzene rings is 8. The summed E-state index contributed by atoms with van der Waals surface area (Å²) in [6.07, 6.45) is 0. The smallest absolute Gasteiger partial charge is 0.0380 e. The fraction of sp³-hybridized carbons (Fsp3) is 0. The van der Waals surface area contributed by atoms with Crippen LogP contribution in [0.4, 0.5) is 17.1 Å². The van der Waals surface area contributed by atoms with Crippen LogP contribution in [0, 0.1) is 0 Å². The minimum atomic E-state index is 0.285. The molecule has 0 unspecified atom stereocenters. The van der Waals surface area contributed by atoms with Gasteiger partial charge in [0.15, 0.2) is 0 Å². The van der Waals surface area contributed by atoms with Gasteiger partial charge >= 0.3 is 241 Å². The van der Waals surface area contributed by atoms with Crippen molar-refractivity contribution in [3.05, 3.63) is 182 Å². The molecule has 0 spiro atoms. The number of nitrogens with zero attached hydrogens (tertiary/aromatic N) is 2. The Kier molecular flexibility index (Phi) is 6.78. The van der Waals surface area contributed by atoms with Gasteiger partial charge in [-0.05, 0) is 18.2 Å². The summed E-state index contributed by atoms with van der Waals surface area (Å²) in [5, 5.41) is 7.94. The Morgan fingerprint density at radius 3 is 1.85 bits per heavy atom. The van der Waals surface area contributed by atoms with Gasteiger partial charge in [0.25, 0.3) is 0 Å². The van der Waals surface area contributed by atoms with Crippen molar-refractivity contribution in [2.75, 3.05) is 4.90 Å². The van der Waals surface area contributed by atoms with Gasteiger partial charge in [0.2, 0.25) is 0 Å². The Bertz CT molecular complexity index is 3020. The van der Waals surface area contributed by atoms with Crippen LogP contribution in [0.25, 0.3) is 78.1 Å². The maximum atomic E-state index is 2.43. The van der Waals surface area contributed by atoms with Crippen molar-refractivity contribution in [2.45, 2.75) is 0 Å². The topological polar surface area (TPSA) is 8.17 Å². The van der Waals surface area contributed by atoms with Crippen LogP contribution < -0.4 is 4.90 Å². The molecule has 2 nitrogen and oxygen atoms in total. The van der Waals surface area contributed by atoms with Crippen LogP contribution >= 0.6 is 11.3 Å². The van der Waals surface area contributed by atoms with Gasteiger partial charge in [0, 0.05) is 11.1 Å². The third-order valence-electron chi connectivity index (χ3n) is 10.4. The standard InChI is InChI=1S/C48H30N2SSe/c1-2-10-33(11-3-1)50-43-15-7-4-12-37(43)38-25-20-32(28-44(38)50)31-18-21-34(22-19-31)49(35-23-26-40-39-13-5-8-16-45(39)51-46(40)29-35)36-24-27-42-41-14-6-9-17-47(41)52-48(42)30-36/h1-30H. The molecule has 0 aliphatic carbocycles. The molecule has 0 radical (unpaired) electrons. The van der Waals surface area contributed by atoms with Gasteiger partial charge in [-0.15, -0.1) is 0 Å². The van der Waals surface area contributed by atoms with E-state index in [0.29, 0.717) is 0 Å². The summed E-state index contributed by atoms with van der Waals surface area (Å²) < 4.78 is 7.93. The van der Waals surface area contributed by atoms with E-state index in [9.17, 15) is 0 Å². The van der Waals surface area contributed by atoms with E-state index in [1.165, 1.54) is 89.5 Å². The summed E-state index contributed by atoms with van der Waals surface area (Å²) in [6, 6.07) is 67.1. The summed E-state index contributed by atoms with van der Waals surface area (Å²) >= 11 is 2.16. The molecule has 8 aromatic carbocycles.